The molecule has 108 valence electrons. The van der Waals surface area contributed by atoms with E-state index in [1.165, 1.54) is 32.1 Å². The van der Waals surface area contributed by atoms with Gasteiger partial charge in [0.25, 0.3) is 0 Å². The predicted octanol–water partition coefficient (Wildman–Crippen LogP) is 2.53. The number of carbonyl (C=O) groups is 2. The van der Waals surface area contributed by atoms with Gasteiger partial charge in [0, 0.05) is 19.5 Å². The average Bonchev–Trinajstić information content (AvgIpc) is 2.88. The van der Waals surface area contributed by atoms with E-state index >= 15 is 0 Å². The third-order valence-corrected chi connectivity index (χ3v) is 4.76. The van der Waals surface area contributed by atoms with E-state index in [1.54, 1.807) is 0 Å². The zero-order valence-corrected chi connectivity index (χ0v) is 11.8. The second-order valence-electron chi connectivity index (χ2n) is 6.27. The maximum atomic E-state index is 12.3. The standard InChI is InChI=1S/C15H25NO3/c1-16(10-11-5-3-2-4-6-11)14(17)12-7-8-13(9-12)15(18)19/h11-13H,2-10H2,1H3,(H,18,19). The molecular weight excluding hydrogens is 242 g/mol. The Balaban J connectivity index is 1.80. The SMILES string of the molecule is CN(CC1CCCCC1)C(=O)C1CCC(C(=O)O)C1. The van der Waals surface area contributed by atoms with Crippen molar-refractivity contribution in [2.24, 2.45) is 17.8 Å². The lowest BCUT2D eigenvalue weighted by molar-refractivity contribution is -0.141. The molecule has 0 aromatic carbocycles. The van der Waals surface area contributed by atoms with Crippen molar-refractivity contribution in [1.29, 1.82) is 0 Å². The van der Waals surface area contributed by atoms with Crippen LogP contribution in [0.15, 0.2) is 0 Å². The minimum Gasteiger partial charge on any atom is -0.481 e. The molecule has 2 unspecified atom stereocenters. The van der Waals surface area contributed by atoms with Crippen molar-refractivity contribution in [3.05, 3.63) is 0 Å². The van der Waals surface area contributed by atoms with Crippen LogP contribution < -0.4 is 0 Å². The molecule has 2 saturated carbocycles. The van der Waals surface area contributed by atoms with Crippen LogP contribution in [0.4, 0.5) is 0 Å². The van der Waals surface area contributed by atoms with E-state index in [1.807, 2.05) is 11.9 Å². The molecule has 0 aromatic rings. The first-order valence-corrected chi connectivity index (χ1v) is 7.55. The molecule has 2 atom stereocenters. The highest BCUT2D eigenvalue weighted by Gasteiger charge is 2.35. The van der Waals surface area contributed by atoms with Gasteiger partial charge in [-0.2, -0.15) is 0 Å². The molecule has 19 heavy (non-hydrogen) atoms. The van der Waals surface area contributed by atoms with Crippen molar-refractivity contribution in [3.63, 3.8) is 0 Å². The highest BCUT2D eigenvalue weighted by atomic mass is 16.4. The van der Waals surface area contributed by atoms with Crippen LogP contribution in [0.5, 0.6) is 0 Å². The number of hydrogen-bond acceptors (Lipinski definition) is 2. The van der Waals surface area contributed by atoms with Crippen molar-refractivity contribution in [2.75, 3.05) is 13.6 Å². The van der Waals surface area contributed by atoms with E-state index in [0.717, 1.165) is 13.0 Å². The molecule has 1 N–H and O–H groups in total. The monoisotopic (exact) mass is 267 g/mol. The molecule has 0 spiro atoms. The smallest absolute Gasteiger partial charge is 0.306 e. The van der Waals surface area contributed by atoms with Crippen molar-refractivity contribution in [2.45, 2.75) is 51.4 Å². The van der Waals surface area contributed by atoms with Crippen LogP contribution >= 0.6 is 0 Å². The van der Waals surface area contributed by atoms with Gasteiger partial charge in [0.1, 0.15) is 0 Å². The molecule has 0 aromatic heterocycles. The Kier molecular flexibility index (Phi) is 4.83. The number of carbonyl (C=O) groups excluding carboxylic acids is 1. The zero-order valence-electron chi connectivity index (χ0n) is 11.8. The van der Waals surface area contributed by atoms with Crippen LogP contribution in [-0.4, -0.2) is 35.5 Å². The fraction of sp³-hybridized carbons (Fsp3) is 0.867. The molecule has 2 rings (SSSR count). The number of rotatable bonds is 4. The molecule has 0 bridgehead atoms. The summed E-state index contributed by atoms with van der Waals surface area (Å²) < 4.78 is 0. The first-order valence-electron chi connectivity index (χ1n) is 7.55. The normalized spacial score (nSPS) is 28.3. The molecule has 4 nitrogen and oxygen atoms in total. The Morgan fingerprint density at radius 2 is 1.68 bits per heavy atom. The first-order chi connectivity index (χ1) is 9.08. The summed E-state index contributed by atoms with van der Waals surface area (Å²) in [5.74, 6) is -0.300. The highest BCUT2D eigenvalue weighted by molar-refractivity contribution is 5.80. The number of hydrogen-bond donors (Lipinski definition) is 1. The van der Waals surface area contributed by atoms with E-state index < -0.39 is 5.97 Å². The molecular formula is C15H25NO3. The van der Waals surface area contributed by atoms with Crippen LogP contribution in [0.2, 0.25) is 0 Å². The topological polar surface area (TPSA) is 57.6 Å². The summed E-state index contributed by atoms with van der Waals surface area (Å²) in [5, 5.41) is 8.99. The molecule has 0 heterocycles. The van der Waals surface area contributed by atoms with E-state index in [0.29, 0.717) is 18.8 Å². The fourth-order valence-corrected chi connectivity index (χ4v) is 3.59. The Morgan fingerprint density at radius 1 is 1.05 bits per heavy atom. The summed E-state index contributed by atoms with van der Waals surface area (Å²) >= 11 is 0. The first kappa shape index (κ1) is 14.4. The maximum absolute atomic E-state index is 12.3. The van der Waals surface area contributed by atoms with Gasteiger partial charge in [0.2, 0.25) is 5.91 Å². The quantitative estimate of drug-likeness (QED) is 0.851. The predicted molar refractivity (Wildman–Crippen MR) is 72.7 cm³/mol. The third-order valence-electron chi connectivity index (χ3n) is 4.76. The van der Waals surface area contributed by atoms with Crippen LogP contribution in [0.1, 0.15) is 51.4 Å². The van der Waals surface area contributed by atoms with Crippen LogP contribution in [-0.2, 0) is 9.59 Å². The average molecular weight is 267 g/mol. The van der Waals surface area contributed by atoms with Gasteiger partial charge in [-0.15, -0.1) is 0 Å². The Hall–Kier alpha value is -1.06. The third kappa shape index (κ3) is 3.71. The second kappa shape index (κ2) is 6.40. The number of carboxylic acid groups (broad SMARTS) is 1. The fourth-order valence-electron chi connectivity index (χ4n) is 3.59. The van der Waals surface area contributed by atoms with Gasteiger partial charge in [-0.25, -0.2) is 0 Å². The van der Waals surface area contributed by atoms with Gasteiger partial charge >= 0.3 is 5.97 Å². The van der Waals surface area contributed by atoms with Crippen LogP contribution in [0, 0.1) is 17.8 Å². The minimum absolute atomic E-state index is 0.0605. The second-order valence-corrected chi connectivity index (χ2v) is 6.27. The van der Waals surface area contributed by atoms with E-state index in [4.69, 9.17) is 5.11 Å². The molecule has 2 aliphatic rings. The summed E-state index contributed by atoms with van der Waals surface area (Å²) in [5.41, 5.74) is 0. The van der Waals surface area contributed by atoms with Gasteiger partial charge < -0.3 is 10.0 Å². The number of aliphatic carboxylic acids is 1. The minimum atomic E-state index is -0.745. The summed E-state index contributed by atoms with van der Waals surface area (Å²) in [6.45, 7) is 0.854. The van der Waals surface area contributed by atoms with Crippen molar-refractivity contribution in [1.82, 2.24) is 4.90 Å². The summed E-state index contributed by atoms with van der Waals surface area (Å²) in [4.78, 5) is 25.1. The lowest BCUT2D eigenvalue weighted by Gasteiger charge is -2.28. The Morgan fingerprint density at radius 3 is 2.26 bits per heavy atom. The highest BCUT2D eigenvalue weighted by Crippen LogP contribution is 2.33. The van der Waals surface area contributed by atoms with Crippen LogP contribution in [0.25, 0.3) is 0 Å². The summed E-state index contributed by atoms with van der Waals surface area (Å²) in [6.07, 6.45) is 8.31. The molecule has 0 saturated heterocycles. The lowest BCUT2D eigenvalue weighted by Crippen LogP contribution is -2.36. The molecule has 2 aliphatic carbocycles. The van der Waals surface area contributed by atoms with Gasteiger partial charge in [0.05, 0.1) is 5.92 Å². The maximum Gasteiger partial charge on any atom is 0.306 e. The number of carboxylic acids is 1. The largest absolute Gasteiger partial charge is 0.481 e. The van der Waals surface area contributed by atoms with E-state index in [9.17, 15) is 9.59 Å². The Labute approximate surface area is 115 Å². The molecule has 2 fully saturated rings. The number of nitrogens with zero attached hydrogens (tertiary/aromatic N) is 1. The molecule has 1 amide bonds. The summed E-state index contributed by atoms with van der Waals surface area (Å²) in [6, 6.07) is 0. The van der Waals surface area contributed by atoms with Crippen LogP contribution in [0.3, 0.4) is 0 Å². The van der Waals surface area contributed by atoms with E-state index in [2.05, 4.69) is 0 Å². The lowest BCUT2D eigenvalue weighted by atomic mass is 9.89. The molecule has 4 heteroatoms. The van der Waals surface area contributed by atoms with Crippen molar-refractivity contribution in [3.8, 4) is 0 Å². The van der Waals surface area contributed by atoms with Gasteiger partial charge in [-0.05, 0) is 38.0 Å². The van der Waals surface area contributed by atoms with Gasteiger partial charge in [-0.1, -0.05) is 19.3 Å². The van der Waals surface area contributed by atoms with E-state index in [-0.39, 0.29) is 17.7 Å². The Bertz CT molecular complexity index is 336. The van der Waals surface area contributed by atoms with Crippen molar-refractivity contribution < 1.29 is 14.7 Å². The molecule has 0 radical (unpaired) electrons. The summed E-state index contributed by atoms with van der Waals surface area (Å²) in [7, 11) is 1.88. The molecule has 0 aliphatic heterocycles. The zero-order chi connectivity index (χ0) is 13.8. The van der Waals surface area contributed by atoms with Gasteiger partial charge in [-0.3, -0.25) is 9.59 Å². The van der Waals surface area contributed by atoms with Crippen molar-refractivity contribution >= 4 is 11.9 Å². The number of amides is 1. The van der Waals surface area contributed by atoms with Gasteiger partial charge in [0.15, 0.2) is 0 Å².